The number of hydrogen-bond donors (Lipinski definition) is 1. The summed E-state index contributed by atoms with van der Waals surface area (Å²) in [6.07, 6.45) is 0.923. The first-order valence-electron chi connectivity index (χ1n) is 8.85. The minimum atomic E-state index is -0.702. The Bertz CT molecular complexity index is 1060. The zero-order valence-electron chi connectivity index (χ0n) is 15.2. The number of primary amides is 1. The predicted octanol–water partition coefficient (Wildman–Crippen LogP) is 3.24. The van der Waals surface area contributed by atoms with Gasteiger partial charge in [0.25, 0.3) is 5.91 Å². The van der Waals surface area contributed by atoms with Gasteiger partial charge in [-0.3, -0.25) is 14.5 Å². The van der Waals surface area contributed by atoms with E-state index in [2.05, 4.69) is 4.98 Å². The lowest BCUT2D eigenvalue weighted by atomic mass is 10.1. The molecule has 2 heterocycles. The van der Waals surface area contributed by atoms with Crippen LogP contribution in [0.5, 0.6) is 0 Å². The number of aryl methyl sites for hydroxylation is 1. The number of carbonyl (C=O) groups excluding carboxylic acids is 2. The first-order chi connectivity index (χ1) is 13.4. The molecule has 1 atom stereocenters. The summed E-state index contributed by atoms with van der Waals surface area (Å²) in [5, 5.41) is 0.760. The number of benzene rings is 2. The molecule has 0 radical (unpaired) electrons. The van der Waals surface area contributed by atoms with E-state index >= 15 is 0 Å². The third kappa shape index (κ3) is 3.29. The van der Waals surface area contributed by atoms with Crippen LogP contribution in [0.2, 0.25) is 0 Å². The fourth-order valence-electron chi connectivity index (χ4n) is 3.48. The topological polar surface area (TPSA) is 76.3 Å². The highest BCUT2D eigenvalue weighted by Gasteiger charge is 2.38. The molecule has 28 heavy (non-hydrogen) atoms. The van der Waals surface area contributed by atoms with Crippen molar-refractivity contribution in [3.05, 3.63) is 81.1 Å². The number of halogens is 1. The summed E-state index contributed by atoms with van der Waals surface area (Å²) in [7, 11) is 0. The van der Waals surface area contributed by atoms with Crippen molar-refractivity contribution >= 4 is 28.8 Å². The van der Waals surface area contributed by atoms with Gasteiger partial charge >= 0.3 is 0 Å². The lowest BCUT2D eigenvalue weighted by molar-refractivity contribution is -0.119. The van der Waals surface area contributed by atoms with Crippen LogP contribution in [-0.4, -0.2) is 22.8 Å². The van der Waals surface area contributed by atoms with Gasteiger partial charge in [-0.25, -0.2) is 9.37 Å². The lowest BCUT2D eigenvalue weighted by Gasteiger charge is -2.22. The Hall–Kier alpha value is -3.06. The molecule has 0 fully saturated rings. The molecular weight excluding hydrogens is 377 g/mol. The van der Waals surface area contributed by atoms with E-state index in [-0.39, 0.29) is 11.7 Å². The Balaban J connectivity index is 1.65. The summed E-state index contributed by atoms with van der Waals surface area (Å²) < 4.78 is 13.1. The van der Waals surface area contributed by atoms with Gasteiger partial charge in [-0.1, -0.05) is 30.3 Å². The number of carbonyl (C=O) groups is 2. The number of rotatable bonds is 4. The standard InChI is InChI=1S/C21H18FN3O2S/c1-12-19(28-18(24-12)10-13-6-8-15(22)9-7-13)21(27)25-16-5-3-2-4-14(16)11-17(25)20(23)26/h2-9,17H,10-11H2,1H3,(H2,23,26)/t17-/m0/s1. The van der Waals surface area contributed by atoms with Gasteiger partial charge in [0.1, 0.15) is 16.7 Å². The molecule has 2 aromatic carbocycles. The number of fused-ring (bicyclic) bond motifs is 1. The van der Waals surface area contributed by atoms with Gasteiger partial charge in [-0.05, 0) is 36.2 Å². The van der Waals surface area contributed by atoms with Crippen LogP contribution in [0.4, 0.5) is 10.1 Å². The van der Waals surface area contributed by atoms with E-state index in [1.807, 2.05) is 24.3 Å². The molecule has 2 N–H and O–H groups in total. The average Bonchev–Trinajstić information content (AvgIpc) is 3.24. The van der Waals surface area contributed by atoms with Gasteiger partial charge in [0.2, 0.25) is 5.91 Å². The van der Waals surface area contributed by atoms with Crippen LogP contribution < -0.4 is 10.6 Å². The number of hydrogen-bond acceptors (Lipinski definition) is 4. The zero-order valence-corrected chi connectivity index (χ0v) is 16.0. The van der Waals surface area contributed by atoms with Gasteiger partial charge in [0, 0.05) is 18.5 Å². The third-order valence-corrected chi connectivity index (χ3v) is 5.97. The van der Waals surface area contributed by atoms with E-state index in [9.17, 15) is 14.0 Å². The quantitative estimate of drug-likeness (QED) is 0.737. The van der Waals surface area contributed by atoms with Gasteiger partial charge in [0.15, 0.2) is 0 Å². The van der Waals surface area contributed by atoms with E-state index in [0.717, 1.165) is 16.1 Å². The summed E-state index contributed by atoms with van der Waals surface area (Å²) in [5.74, 6) is -1.09. The normalized spacial score (nSPS) is 15.5. The molecule has 3 aromatic rings. The maximum atomic E-state index is 13.3. The Kier molecular flexibility index (Phi) is 4.68. The van der Waals surface area contributed by atoms with Crippen molar-refractivity contribution < 1.29 is 14.0 Å². The van der Waals surface area contributed by atoms with Crippen molar-refractivity contribution in [2.24, 2.45) is 5.73 Å². The van der Waals surface area contributed by atoms with Crippen molar-refractivity contribution in [2.75, 3.05) is 4.90 Å². The molecule has 0 unspecified atom stereocenters. The molecule has 1 aromatic heterocycles. The van der Waals surface area contributed by atoms with Crippen molar-refractivity contribution in [1.29, 1.82) is 0 Å². The fraction of sp³-hybridized carbons (Fsp3) is 0.190. The van der Waals surface area contributed by atoms with E-state index in [1.165, 1.54) is 28.4 Å². The van der Waals surface area contributed by atoms with E-state index in [0.29, 0.717) is 29.1 Å². The molecule has 7 heteroatoms. The molecule has 1 aliphatic rings. The van der Waals surface area contributed by atoms with Crippen LogP contribution in [0.15, 0.2) is 48.5 Å². The van der Waals surface area contributed by atoms with Crippen molar-refractivity contribution in [3.8, 4) is 0 Å². The van der Waals surface area contributed by atoms with Crippen LogP contribution >= 0.6 is 11.3 Å². The highest BCUT2D eigenvalue weighted by Crippen LogP contribution is 2.35. The maximum absolute atomic E-state index is 13.3. The number of amides is 2. The first-order valence-corrected chi connectivity index (χ1v) is 9.67. The number of para-hydroxylation sites is 1. The van der Waals surface area contributed by atoms with Gasteiger partial charge in [0.05, 0.1) is 10.7 Å². The zero-order chi connectivity index (χ0) is 19.8. The SMILES string of the molecule is Cc1nc(Cc2ccc(F)cc2)sc1C(=O)N1c2ccccc2C[C@H]1C(N)=O. The molecular formula is C21H18FN3O2S. The summed E-state index contributed by atoms with van der Waals surface area (Å²) in [5.41, 5.74) is 8.73. The second-order valence-electron chi connectivity index (χ2n) is 6.75. The third-order valence-electron chi connectivity index (χ3n) is 4.83. The number of aromatic nitrogens is 1. The summed E-state index contributed by atoms with van der Waals surface area (Å²) in [6.45, 7) is 1.78. The number of nitrogens with two attached hydrogens (primary N) is 1. The van der Waals surface area contributed by atoms with Crippen molar-refractivity contribution in [3.63, 3.8) is 0 Å². The van der Waals surface area contributed by atoms with Crippen LogP contribution in [0.25, 0.3) is 0 Å². The fourth-order valence-corrected chi connectivity index (χ4v) is 4.51. The molecule has 2 amide bonds. The lowest BCUT2D eigenvalue weighted by Crippen LogP contribution is -2.46. The Morgan fingerprint density at radius 3 is 2.64 bits per heavy atom. The highest BCUT2D eigenvalue weighted by molar-refractivity contribution is 7.14. The molecule has 0 aliphatic carbocycles. The van der Waals surface area contributed by atoms with Gasteiger partial charge in [-0.15, -0.1) is 11.3 Å². The molecule has 142 valence electrons. The smallest absolute Gasteiger partial charge is 0.271 e. The highest BCUT2D eigenvalue weighted by atomic mass is 32.1. The van der Waals surface area contributed by atoms with Gasteiger partial charge in [-0.2, -0.15) is 0 Å². The molecule has 0 saturated heterocycles. The van der Waals surface area contributed by atoms with Gasteiger partial charge < -0.3 is 5.73 Å². The molecule has 0 bridgehead atoms. The average molecular weight is 395 g/mol. The Morgan fingerprint density at radius 1 is 1.21 bits per heavy atom. The summed E-state index contributed by atoms with van der Waals surface area (Å²) in [6, 6.07) is 12.9. The van der Waals surface area contributed by atoms with Crippen molar-refractivity contribution in [2.45, 2.75) is 25.8 Å². The van der Waals surface area contributed by atoms with Crippen LogP contribution in [0.1, 0.15) is 31.5 Å². The van der Waals surface area contributed by atoms with Crippen LogP contribution in [-0.2, 0) is 17.6 Å². The van der Waals surface area contributed by atoms with E-state index < -0.39 is 11.9 Å². The van der Waals surface area contributed by atoms with Crippen molar-refractivity contribution in [1.82, 2.24) is 4.98 Å². The number of nitrogens with zero attached hydrogens (tertiary/aromatic N) is 2. The molecule has 1 aliphatic heterocycles. The first kappa shape index (κ1) is 18.3. The summed E-state index contributed by atoms with van der Waals surface area (Å²) in [4.78, 5) is 31.7. The number of thiazole rings is 1. The number of anilines is 1. The second-order valence-corrected chi connectivity index (χ2v) is 7.84. The monoisotopic (exact) mass is 395 g/mol. The van der Waals surface area contributed by atoms with Crippen LogP contribution in [0, 0.1) is 12.7 Å². The minimum absolute atomic E-state index is 0.269. The molecule has 0 saturated carbocycles. The largest absolute Gasteiger partial charge is 0.368 e. The molecule has 0 spiro atoms. The van der Waals surface area contributed by atoms with Crippen LogP contribution in [0.3, 0.4) is 0 Å². The molecule has 5 nitrogen and oxygen atoms in total. The predicted molar refractivity (Wildman–Crippen MR) is 106 cm³/mol. The van der Waals surface area contributed by atoms with E-state index in [4.69, 9.17) is 5.73 Å². The Labute approximate surface area is 165 Å². The molecule has 4 rings (SSSR count). The summed E-state index contributed by atoms with van der Waals surface area (Å²) >= 11 is 1.29. The Morgan fingerprint density at radius 2 is 1.93 bits per heavy atom. The second kappa shape index (κ2) is 7.16. The van der Waals surface area contributed by atoms with E-state index in [1.54, 1.807) is 19.1 Å². The maximum Gasteiger partial charge on any atom is 0.271 e. The minimum Gasteiger partial charge on any atom is -0.368 e.